The summed E-state index contributed by atoms with van der Waals surface area (Å²) in [6, 6.07) is -0.675. The van der Waals surface area contributed by atoms with Gasteiger partial charge in [-0.1, -0.05) is 0 Å². The molecule has 98 valence electrons. The van der Waals surface area contributed by atoms with Crippen molar-refractivity contribution >= 4 is 17.8 Å². The molecular weight excluding hydrogens is 226 g/mol. The molecule has 0 spiro atoms. The minimum Gasteiger partial charge on any atom is -0.468 e. The number of nitrogens with one attached hydrogen (secondary N) is 2. The monoisotopic (exact) mass is 245 g/mol. The number of hydrogen-bond acceptors (Lipinski definition) is 5. The average Bonchev–Trinajstić information content (AvgIpc) is 2.27. The summed E-state index contributed by atoms with van der Waals surface area (Å²) in [5.41, 5.74) is 0. The zero-order valence-electron chi connectivity index (χ0n) is 10.6. The van der Waals surface area contributed by atoms with Gasteiger partial charge >= 0.3 is 5.97 Å². The Morgan fingerprint density at radius 2 is 1.94 bits per heavy atom. The second kappa shape index (κ2) is 7.61. The van der Waals surface area contributed by atoms with Crippen LogP contribution in [-0.4, -0.2) is 63.0 Å². The van der Waals surface area contributed by atoms with Crippen LogP contribution in [0, 0.1) is 0 Å². The number of esters is 1. The highest BCUT2D eigenvalue weighted by Crippen LogP contribution is 1.93. The Hall–Kier alpha value is -1.63. The van der Waals surface area contributed by atoms with Crippen LogP contribution >= 0.6 is 0 Å². The number of carbonyl (C=O) groups excluding carboxylic acids is 3. The van der Waals surface area contributed by atoms with E-state index < -0.39 is 12.0 Å². The highest BCUT2D eigenvalue weighted by Gasteiger charge is 2.20. The lowest BCUT2D eigenvalue weighted by molar-refractivity contribution is -0.146. The van der Waals surface area contributed by atoms with E-state index in [4.69, 9.17) is 0 Å². The molecule has 2 N–H and O–H groups in total. The highest BCUT2D eigenvalue weighted by atomic mass is 16.5. The van der Waals surface area contributed by atoms with Crippen LogP contribution in [0.3, 0.4) is 0 Å². The van der Waals surface area contributed by atoms with Crippen LogP contribution in [0.25, 0.3) is 0 Å². The summed E-state index contributed by atoms with van der Waals surface area (Å²) in [4.78, 5) is 35.1. The molecule has 0 bridgehead atoms. The van der Waals surface area contributed by atoms with Crippen LogP contribution in [0.1, 0.15) is 6.92 Å². The lowest BCUT2D eigenvalue weighted by Crippen LogP contribution is -2.48. The van der Waals surface area contributed by atoms with E-state index in [1.54, 1.807) is 14.0 Å². The van der Waals surface area contributed by atoms with Gasteiger partial charge in [0.25, 0.3) is 0 Å². The SMILES string of the molecule is CNCC(=O)N[C@@H](C)C(=O)N(C)CC(=O)OC. The number of nitrogens with zero attached hydrogens (tertiary/aromatic N) is 1. The minimum atomic E-state index is -0.675. The number of likely N-dealkylation sites (N-methyl/N-ethyl adjacent to an activating group) is 2. The van der Waals surface area contributed by atoms with Gasteiger partial charge in [-0.25, -0.2) is 0 Å². The summed E-state index contributed by atoms with van der Waals surface area (Å²) in [6.45, 7) is 1.56. The Morgan fingerprint density at radius 3 is 2.41 bits per heavy atom. The summed E-state index contributed by atoms with van der Waals surface area (Å²) >= 11 is 0. The van der Waals surface area contributed by atoms with Gasteiger partial charge in [0.2, 0.25) is 11.8 Å². The predicted octanol–water partition coefficient (Wildman–Crippen LogP) is -1.66. The van der Waals surface area contributed by atoms with Crippen LogP contribution < -0.4 is 10.6 Å². The third kappa shape index (κ3) is 5.86. The van der Waals surface area contributed by atoms with Crippen molar-refractivity contribution in [1.82, 2.24) is 15.5 Å². The topological polar surface area (TPSA) is 87.7 Å². The standard InChI is InChI=1S/C10H19N3O4/c1-7(12-8(14)5-11-2)10(16)13(3)6-9(15)17-4/h7,11H,5-6H2,1-4H3,(H,12,14)/t7-/m0/s1. The van der Waals surface area contributed by atoms with Crippen molar-refractivity contribution < 1.29 is 19.1 Å². The lowest BCUT2D eigenvalue weighted by atomic mass is 10.3. The van der Waals surface area contributed by atoms with Crippen molar-refractivity contribution in [3.63, 3.8) is 0 Å². The number of hydrogen-bond donors (Lipinski definition) is 2. The fourth-order valence-electron chi connectivity index (χ4n) is 1.18. The summed E-state index contributed by atoms with van der Waals surface area (Å²) in [5, 5.41) is 5.18. The van der Waals surface area contributed by atoms with Crippen LogP contribution in [0.2, 0.25) is 0 Å². The highest BCUT2D eigenvalue weighted by molar-refractivity contribution is 5.89. The molecule has 0 radical (unpaired) electrons. The van der Waals surface area contributed by atoms with E-state index in [1.165, 1.54) is 19.1 Å². The number of methoxy groups -OCH3 is 1. The Bertz CT molecular complexity index is 293. The van der Waals surface area contributed by atoms with Gasteiger partial charge in [-0.3, -0.25) is 14.4 Å². The molecule has 0 aliphatic carbocycles. The summed E-state index contributed by atoms with van der Waals surface area (Å²) in [6.07, 6.45) is 0. The Kier molecular flexibility index (Phi) is 6.88. The maximum Gasteiger partial charge on any atom is 0.325 e. The Morgan fingerprint density at radius 1 is 1.35 bits per heavy atom. The second-order valence-corrected chi connectivity index (χ2v) is 3.59. The van der Waals surface area contributed by atoms with Crippen LogP contribution in [0.5, 0.6) is 0 Å². The van der Waals surface area contributed by atoms with E-state index in [0.29, 0.717) is 0 Å². The first-order valence-corrected chi connectivity index (χ1v) is 5.18. The van der Waals surface area contributed by atoms with Crippen molar-refractivity contribution in [2.24, 2.45) is 0 Å². The van der Waals surface area contributed by atoms with E-state index >= 15 is 0 Å². The molecule has 0 aliphatic rings. The van der Waals surface area contributed by atoms with Gasteiger partial charge in [0.1, 0.15) is 12.6 Å². The lowest BCUT2D eigenvalue weighted by Gasteiger charge is -2.20. The van der Waals surface area contributed by atoms with Crippen molar-refractivity contribution in [3.05, 3.63) is 0 Å². The molecular formula is C10H19N3O4. The maximum atomic E-state index is 11.7. The fraction of sp³-hybridized carbons (Fsp3) is 0.700. The molecule has 0 aromatic carbocycles. The molecule has 0 aromatic rings. The van der Waals surface area contributed by atoms with E-state index in [2.05, 4.69) is 15.4 Å². The van der Waals surface area contributed by atoms with Gasteiger partial charge in [-0.2, -0.15) is 0 Å². The summed E-state index contributed by atoms with van der Waals surface area (Å²) < 4.78 is 4.44. The number of amides is 2. The number of rotatable bonds is 6. The minimum absolute atomic E-state index is 0.137. The molecule has 0 aliphatic heterocycles. The van der Waals surface area contributed by atoms with Crippen molar-refractivity contribution in [2.75, 3.05) is 34.3 Å². The quantitative estimate of drug-likeness (QED) is 0.547. The molecule has 0 fully saturated rings. The third-order valence-corrected chi connectivity index (χ3v) is 2.06. The van der Waals surface area contributed by atoms with Gasteiger partial charge in [0.15, 0.2) is 0 Å². The molecule has 7 nitrogen and oxygen atoms in total. The number of ether oxygens (including phenoxy) is 1. The van der Waals surface area contributed by atoms with Gasteiger partial charge in [-0.05, 0) is 14.0 Å². The Balaban J connectivity index is 4.20. The van der Waals surface area contributed by atoms with Crippen molar-refractivity contribution in [2.45, 2.75) is 13.0 Å². The molecule has 1 atom stereocenters. The van der Waals surface area contributed by atoms with E-state index in [0.717, 1.165) is 0 Å². The molecule has 0 heterocycles. The first-order valence-electron chi connectivity index (χ1n) is 5.18. The Labute approximate surface area is 100 Å². The summed E-state index contributed by atoms with van der Waals surface area (Å²) in [5.74, 6) is -1.13. The van der Waals surface area contributed by atoms with Gasteiger partial charge in [0, 0.05) is 7.05 Å². The molecule has 2 amide bonds. The van der Waals surface area contributed by atoms with Gasteiger partial charge in [-0.15, -0.1) is 0 Å². The zero-order chi connectivity index (χ0) is 13.4. The molecule has 0 aromatic heterocycles. The summed E-state index contributed by atoms with van der Waals surface area (Å²) in [7, 11) is 4.36. The van der Waals surface area contributed by atoms with E-state index in [1.807, 2.05) is 0 Å². The molecule has 0 saturated heterocycles. The first kappa shape index (κ1) is 15.4. The average molecular weight is 245 g/mol. The van der Waals surface area contributed by atoms with Crippen LogP contribution in [0.4, 0.5) is 0 Å². The van der Waals surface area contributed by atoms with Gasteiger partial charge in [0.05, 0.1) is 13.7 Å². The van der Waals surface area contributed by atoms with Crippen LogP contribution in [-0.2, 0) is 19.1 Å². The normalized spacial score (nSPS) is 11.5. The predicted molar refractivity (Wildman–Crippen MR) is 61.2 cm³/mol. The van der Waals surface area contributed by atoms with E-state index in [-0.39, 0.29) is 24.9 Å². The molecule has 0 unspecified atom stereocenters. The van der Waals surface area contributed by atoms with E-state index in [9.17, 15) is 14.4 Å². The van der Waals surface area contributed by atoms with Gasteiger partial charge < -0.3 is 20.3 Å². The molecule has 0 saturated carbocycles. The second-order valence-electron chi connectivity index (χ2n) is 3.59. The molecule has 17 heavy (non-hydrogen) atoms. The van der Waals surface area contributed by atoms with Crippen molar-refractivity contribution in [3.8, 4) is 0 Å². The molecule has 7 heteroatoms. The molecule has 0 rings (SSSR count). The largest absolute Gasteiger partial charge is 0.468 e. The van der Waals surface area contributed by atoms with Crippen molar-refractivity contribution in [1.29, 1.82) is 0 Å². The fourth-order valence-corrected chi connectivity index (χ4v) is 1.18. The smallest absolute Gasteiger partial charge is 0.325 e. The third-order valence-electron chi connectivity index (χ3n) is 2.06. The van der Waals surface area contributed by atoms with Crippen LogP contribution in [0.15, 0.2) is 0 Å². The number of carbonyl (C=O) groups is 3. The maximum absolute atomic E-state index is 11.7. The first-order chi connectivity index (χ1) is 7.92. The zero-order valence-corrected chi connectivity index (χ0v) is 10.6.